The largest absolute Gasteiger partial charge is 0.423 e. The van der Waals surface area contributed by atoms with Gasteiger partial charge in [0.05, 0.1) is 21.3 Å². The van der Waals surface area contributed by atoms with Crippen LogP contribution in [0.2, 0.25) is 0 Å². The molecule has 0 radical (unpaired) electrons. The molecule has 3 aromatic rings. The number of nitrogens with zero attached hydrogens (tertiary/aromatic N) is 3. The molecule has 1 atom stereocenters. The summed E-state index contributed by atoms with van der Waals surface area (Å²) in [5, 5.41) is 4.94. The maximum Gasteiger partial charge on any atom is 0.325 e. The molecule has 0 aliphatic carbocycles. The summed E-state index contributed by atoms with van der Waals surface area (Å²) in [7, 11) is 0. The summed E-state index contributed by atoms with van der Waals surface area (Å²) >= 11 is 4.62. The first-order valence-corrected chi connectivity index (χ1v) is 12.3. The first kappa shape index (κ1) is 24.6. The SMILES string of the molecule is CSc1n[n+]2c(c(=O)[nH]1)-c1ccccc1N(C(C)=O)[C@@H]2c1cc(Br)c(OC(C)=O)c(OC(C)=O)c1. The molecule has 1 N–H and O–H groups in total. The smallest absolute Gasteiger partial charge is 0.325 e. The highest BCUT2D eigenvalue weighted by atomic mass is 79.9. The van der Waals surface area contributed by atoms with Crippen molar-refractivity contribution in [1.29, 1.82) is 0 Å². The molecule has 0 spiro atoms. The number of amides is 1. The van der Waals surface area contributed by atoms with Crippen molar-refractivity contribution in [2.45, 2.75) is 32.1 Å². The molecule has 0 saturated carbocycles. The number of H-pyrrole nitrogens is 1. The Balaban J connectivity index is 2.05. The Hall–Kier alpha value is -3.51. The summed E-state index contributed by atoms with van der Waals surface area (Å²) in [6.45, 7) is 3.85. The number of hydrogen-bond donors (Lipinski definition) is 1. The number of halogens is 1. The Morgan fingerprint density at radius 3 is 2.43 bits per heavy atom. The number of aromatic nitrogens is 3. The van der Waals surface area contributed by atoms with Crippen LogP contribution in [0.4, 0.5) is 5.69 Å². The lowest BCUT2D eigenvalue weighted by atomic mass is 10.0. The van der Waals surface area contributed by atoms with Crippen molar-refractivity contribution >= 4 is 51.2 Å². The number of carbonyl (C=O) groups excluding carboxylic acids is 3. The third kappa shape index (κ3) is 4.58. The van der Waals surface area contributed by atoms with E-state index in [1.54, 1.807) is 36.6 Å². The molecule has 4 rings (SSSR count). The van der Waals surface area contributed by atoms with Gasteiger partial charge in [0.25, 0.3) is 6.17 Å². The Morgan fingerprint density at radius 1 is 1.11 bits per heavy atom. The second kappa shape index (κ2) is 9.62. The maximum absolute atomic E-state index is 13.1. The molecule has 10 nitrogen and oxygen atoms in total. The highest BCUT2D eigenvalue weighted by Gasteiger charge is 2.45. The van der Waals surface area contributed by atoms with Gasteiger partial charge in [-0.05, 0) is 51.1 Å². The minimum absolute atomic E-state index is 0.0101. The van der Waals surface area contributed by atoms with Crippen molar-refractivity contribution in [2.24, 2.45) is 0 Å². The highest BCUT2D eigenvalue weighted by molar-refractivity contribution is 9.10. The zero-order valence-corrected chi connectivity index (χ0v) is 21.5. The lowest BCUT2D eigenvalue weighted by Crippen LogP contribution is -2.60. The summed E-state index contributed by atoms with van der Waals surface area (Å²) in [5.74, 6) is -1.57. The summed E-state index contributed by atoms with van der Waals surface area (Å²) in [6.07, 6.45) is 0.853. The van der Waals surface area contributed by atoms with Gasteiger partial charge in [-0.3, -0.25) is 24.2 Å². The van der Waals surface area contributed by atoms with Crippen LogP contribution in [0.15, 0.2) is 50.8 Å². The molecule has 0 bridgehead atoms. The van der Waals surface area contributed by atoms with Crippen LogP contribution >= 0.6 is 27.7 Å². The maximum atomic E-state index is 13.1. The molecule has 0 fully saturated rings. The number of aromatic amines is 1. The van der Waals surface area contributed by atoms with E-state index in [9.17, 15) is 19.2 Å². The molecule has 1 amide bonds. The van der Waals surface area contributed by atoms with Gasteiger partial charge in [-0.2, -0.15) is 0 Å². The topological polar surface area (TPSA) is 123 Å². The van der Waals surface area contributed by atoms with Crippen molar-refractivity contribution < 1.29 is 28.5 Å². The zero-order chi connectivity index (χ0) is 25.4. The van der Waals surface area contributed by atoms with Gasteiger partial charge in [0.2, 0.25) is 11.1 Å². The molecule has 180 valence electrons. The van der Waals surface area contributed by atoms with E-state index in [4.69, 9.17) is 9.47 Å². The third-order valence-corrected chi connectivity index (χ3v) is 6.28. The van der Waals surface area contributed by atoms with Crippen LogP contribution in [0.1, 0.15) is 32.5 Å². The zero-order valence-electron chi connectivity index (χ0n) is 19.1. The number of rotatable bonds is 4. The van der Waals surface area contributed by atoms with E-state index in [-0.39, 0.29) is 28.7 Å². The van der Waals surface area contributed by atoms with Crippen LogP contribution < -0.4 is 24.6 Å². The normalized spacial score (nSPS) is 14.1. The van der Waals surface area contributed by atoms with E-state index in [2.05, 4.69) is 26.0 Å². The highest BCUT2D eigenvalue weighted by Crippen LogP contribution is 2.42. The minimum Gasteiger partial charge on any atom is -0.423 e. The summed E-state index contributed by atoms with van der Waals surface area (Å²) < 4.78 is 12.4. The number of carbonyl (C=O) groups is 3. The second-order valence-electron chi connectivity index (χ2n) is 7.55. The van der Waals surface area contributed by atoms with E-state index in [1.165, 1.54) is 48.2 Å². The molecule has 0 saturated heterocycles. The average molecular weight is 560 g/mol. The molecule has 1 aromatic heterocycles. The van der Waals surface area contributed by atoms with E-state index in [0.29, 0.717) is 26.4 Å². The Labute approximate surface area is 212 Å². The fraction of sp³-hybridized carbons (Fsp3) is 0.217. The lowest BCUT2D eigenvalue weighted by molar-refractivity contribution is -0.763. The summed E-state index contributed by atoms with van der Waals surface area (Å²) in [6, 6.07) is 10.1. The average Bonchev–Trinajstić information content (AvgIpc) is 2.79. The van der Waals surface area contributed by atoms with Gasteiger partial charge in [0, 0.05) is 25.9 Å². The number of nitrogens with one attached hydrogen (secondary N) is 1. The number of benzene rings is 2. The van der Waals surface area contributed by atoms with Crippen LogP contribution in [0, 0.1) is 0 Å². The van der Waals surface area contributed by atoms with Crippen molar-refractivity contribution in [1.82, 2.24) is 10.1 Å². The predicted octanol–water partition coefficient (Wildman–Crippen LogP) is 2.97. The Morgan fingerprint density at radius 2 is 1.80 bits per heavy atom. The second-order valence-corrected chi connectivity index (χ2v) is 9.20. The first-order valence-electron chi connectivity index (χ1n) is 10.3. The van der Waals surface area contributed by atoms with Crippen LogP contribution in [0.25, 0.3) is 11.3 Å². The van der Waals surface area contributed by atoms with Crippen LogP contribution in [0.5, 0.6) is 11.5 Å². The summed E-state index contributed by atoms with van der Waals surface area (Å²) in [5.41, 5.74) is 1.39. The molecule has 2 heterocycles. The van der Waals surface area contributed by atoms with Gasteiger partial charge < -0.3 is 9.47 Å². The van der Waals surface area contributed by atoms with E-state index in [0.717, 1.165) is 0 Å². The lowest BCUT2D eigenvalue weighted by Gasteiger charge is -2.31. The van der Waals surface area contributed by atoms with Gasteiger partial charge in [-0.15, -0.1) is 0 Å². The van der Waals surface area contributed by atoms with E-state index >= 15 is 0 Å². The number of hydrogen-bond acceptors (Lipinski definition) is 8. The van der Waals surface area contributed by atoms with Gasteiger partial charge >= 0.3 is 23.2 Å². The van der Waals surface area contributed by atoms with Crippen molar-refractivity contribution in [3.05, 3.63) is 56.8 Å². The Kier molecular flexibility index (Phi) is 6.77. The molecule has 35 heavy (non-hydrogen) atoms. The van der Waals surface area contributed by atoms with E-state index < -0.39 is 18.1 Å². The van der Waals surface area contributed by atoms with Crippen molar-refractivity contribution in [3.8, 4) is 22.8 Å². The number of fused-ring (bicyclic) bond motifs is 3. The Bertz CT molecular complexity index is 1440. The molecule has 1 aliphatic heterocycles. The molecular weight excluding hydrogens is 540 g/mol. The van der Waals surface area contributed by atoms with Gasteiger partial charge in [-0.1, -0.05) is 23.9 Å². The number of para-hydroxylation sites is 1. The molecule has 0 unspecified atom stereocenters. The third-order valence-electron chi connectivity index (χ3n) is 5.12. The number of ether oxygens (including phenoxy) is 2. The first-order chi connectivity index (χ1) is 16.6. The predicted molar refractivity (Wildman–Crippen MR) is 130 cm³/mol. The molecular formula is C23H20BrN4O6S+. The van der Waals surface area contributed by atoms with Crippen molar-refractivity contribution in [3.63, 3.8) is 0 Å². The number of thioether (sulfide) groups is 1. The number of anilines is 1. The number of esters is 2. The quantitative estimate of drug-likeness (QED) is 0.224. The molecule has 2 aromatic carbocycles. The van der Waals surface area contributed by atoms with Crippen LogP contribution in [-0.4, -0.2) is 34.2 Å². The van der Waals surface area contributed by atoms with Crippen LogP contribution in [-0.2, 0) is 14.4 Å². The van der Waals surface area contributed by atoms with Gasteiger partial charge in [0.1, 0.15) is 0 Å². The van der Waals surface area contributed by atoms with Crippen LogP contribution in [0.3, 0.4) is 0 Å². The van der Waals surface area contributed by atoms with Gasteiger partial charge in [-0.25, -0.2) is 4.90 Å². The van der Waals surface area contributed by atoms with Crippen molar-refractivity contribution in [2.75, 3.05) is 11.2 Å². The van der Waals surface area contributed by atoms with E-state index in [1.807, 2.05) is 0 Å². The monoisotopic (exact) mass is 559 g/mol. The van der Waals surface area contributed by atoms with Gasteiger partial charge in [0.15, 0.2) is 11.5 Å². The standard InChI is InChI=1S/C23H19BrN4O6S/c1-11(29)27-17-8-6-5-7-15(17)19-21(32)25-23(35-4)26-28(19)22(27)14-9-16(24)20(34-13(3)31)18(10-14)33-12(2)30/h5-10,22H,1-4H3/p+1/t22-/m0/s1. The molecule has 1 aliphatic rings. The minimum atomic E-state index is -0.914. The molecule has 12 heteroatoms. The fourth-order valence-electron chi connectivity index (χ4n) is 3.92. The summed E-state index contributed by atoms with van der Waals surface area (Å²) in [4.78, 5) is 53.8. The fourth-order valence-corrected chi connectivity index (χ4v) is 4.82.